The van der Waals surface area contributed by atoms with Crippen molar-refractivity contribution < 1.29 is 29.0 Å². The minimum absolute atomic E-state index is 0.0232. The van der Waals surface area contributed by atoms with Crippen molar-refractivity contribution in [2.75, 3.05) is 11.9 Å². The first-order chi connectivity index (χ1) is 19.4. The number of carbonyl (C=O) groups is 3. The van der Waals surface area contributed by atoms with Crippen LogP contribution >= 0.6 is 0 Å². The molecule has 0 saturated heterocycles. The molecule has 40 heavy (non-hydrogen) atoms. The third kappa shape index (κ3) is 6.49. The van der Waals surface area contributed by atoms with E-state index in [0.29, 0.717) is 28.5 Å². The van der Waals surface area contributed by atoms with E-state index < -0.39 is 5.97 Å². The van der Waals surface area contributed by atoms with Crippen LogP contribution in [0.15, 0.2) is 109 Å². The molecule has 0 aliphatic heterocycles. The third-order valence-electron chi connectivity index (χ3n) is 6.07. The van der Waals surface area contributed by atoms with E-state index >= 15 is 0 Å². The highest BCUT2D eigenvalue weighted by Crippen LogP contribution is 2.27. The van der Waals surface area contributed by atoms with Crippen LogP contribution < -0.4 is 14.8 Å². The first-order valence-electron chi connectivity index (χ1n) is 12.4. The standard InChI is InChI=1S/C32H24N2O6/c35-29(22-6-2-1-3-7-22)20-39-25-13-11-24-18-26(14-12-23(24)17-25)40-31-15-10-21(19-33-31)16-30(36)34-28-9-5-4-8-27(28)32(37)38/h1-15,17-19H,16,20H2,(H,34,36)(H,37,38). The largest absolute Gasteiger partial charge is 0.485 e. The van der Waals surface area contributed by atoms with Crippen LogP contribution in [0.5, 0.6) is 17.4 Å². The SMILES string of the molecule is O=C(Cc1ccc(Oc2ccc3cc(OCC(=O)c4ccccc4)ccc3c2)nc1)Nc1ccccc1C(=O)O. The van der Waals surface area contributed by atoms with E-state index in [-0.39, 0.29) is 36.0 Å². The van der Waals surface area contributed by atoms with Gasteiger partial charge >= 0.3 is 5.97 Å². The number of pyridine rings is 1. The van der Waals surface area contributed by atoms with E-state index in [1.807, 2.05) is 48.5 Å². The monoisotopic (exact) mass is 532 g/mol. The lowest BCUT2D eigenvalue weighted by Gasteiger charge is -2.10. The fourth-order valence-corrected chi connectivity index (χ4v) is 4.07. The number of benzene rings is 4. The highest BCUT2D eigenvalue weighted by atomic mass is 16.5. The number of nitrogens with one attached hydrogen (secondary N) is 1. The Balaban J connectivity index is 1.18. The number of carboxylic acids is 1. The second-order valence-corrected chi connectivity index (χ2v) is 8.93. The van der Waals surface area contributed by atoms with Gasteiger partial charge < -0.3 is 19.9 Å². The molecule has 8 nitrogen and oxygen atoms in total. The van der Waals surface area contributed by atoms with E-state index in [2.05, 4.69) is 10.3 Å². The minimum Gasteiger partial charge on any atom is -0.485 e. The van der Waals surface area contributed by atoms with Crippen molar-refractivity contribution in [3.8, 4) is 17.4 Å². The van der Waals surface area contributed by atoms with Gasteiger partial charge in [-0.05, 0) is 52.7 Å². The van der Waals surface area contributed by atoms with Crippen LogP contribution in [-0.4, -0.2) is 34.4 Å². The number of ether oxygens (including phenoxy) is 2. The van der Waals surface area contributed by atoms with Crippen LogP contribution in [0.1, 0.15) is 26.3 Å². The number of carbonyl (C=O) groups excluding carboxylic acids is 2. The zero-order valence-electron chi connectivity index (χ0n) is 21.2. The Morgan fingerprint density at radius 2 is 1.48 bits per heavy atom. The summed E-state index contributed by atoms with van der Waals surface area (Å²) in [6, 6.07) is 29.8. The van der Waals surface area contributed by atoms with Crippen molar-refractivity contribution in [3.05, 3.63) is 126 Å². The lowest BCUT2D eigenvalue weighted by molar-refractivity contribution is -0.115. The van der Waals surface area contributed by atoms with Crippen molar-refractivity contribution in [1.82, 2.24) is 4.98 Å². The smallest absolute Gasteiger partial charge is 0.337 e. The zero-order valence-corrected chi connectivity index (χ0v) is 21.2. The molecule has 5 aromatic rings. The Labute approximate surface area is 229 Å². The second-order valence-electron chi connectivity index (χ2n) is 8.93. The first kappa shape index (κ1) is 26.1. The molecule has 0 spiro atoms. The summed E-state index contributed by atoms with van der Waals surface area (Å²) in [7, 11) is 0. The van der Waals surface area contributed by atoms with Gasteiger partial charge in [-0.15, -0.1) is 0 Å². The van der Waals surface area contributed by atoms with E-state index in [1.165, 1.54) is 6.07 Å². The van der Waals surface area contributed by atoms with Crippen molar-refractivity contribution in [1.29, 1.82) is 0 Å². The molecule has 0 aliphatic carbocycles. The number of fused-ring (bicyclic) bond motifs is 1. The second kappa shape index (κ2) is 11.9. The van der Waals surface area contributed by atoms with Crippen LogP contribution in [0.4, 0.5) is 5.69 Å². The summed E-state index contributed by atoms with van der Waals surface area (Å²) in [5.41, 5.74) is 1.52. The average Bonchev–Trinajstić information content (AvgIpc) is 2.97. The highest BCUT2D eigenvalue weighted by Gasteiger charge is 2.13. The molecule has 0 unspecified atom stereocenters. The number of aromatic nitrogens is 1. The third-order valence-corrected chi connectivity index (χ3v) is 6.07. The number of rotatable bonds is 10. The first-order valence-corrected chi connectivity index (χ1v) is 12.4. The highest BCUT2D eigenvalue weighted by molar-refractivity contribution is 6.01. The number of hydrogen-bond acceptors (Lipinski definition) is 6. The molecule has 4 aromatic carbocycles. The van der Waals surface area contributed by atoms with Crippen molar-refractivity contribution >= 4 is 34.1 Å². The molecule has 198 valence electrons. The molecule has 2 N–H and O–H groups in total. The number of ketones is 1. The van der Waals surface area contributed by atoms with Crippen LogP contribution in [0.25, 0.3) is 10.8 Å². The minimum atomic E-state index is -1.11. The average molecular weight is 533 g/mol. The summed E-state index contributed by atoms with van der Waals surface area (Å²) in [5, 5.41) is 13.8. The number of anilines is 1. The van der Waals surface area contributed by atoms with E-state index in [9.17, 15) is 19.5 Å². The number of nitrogens with zero attached hydrogens (tertiary/aromatic N) is 1. The van der Waals surface area contributed by atoms with Crippen molar-refractivity contribution in [2.24, 2.45) is 0 Å². The summed E-state index contributed by atoms with van der Waals surface area (Å²) >= 11 is 0. The van der Waals surface area contributed by atoms with E-state index in [1.54, 1.807) is 54.7 Å². The maximum absolute atomic E-state index is 12.4. The lowest BCUT2D eigenvalue weighted by atomic mass is 10.1. The van der Waals surface area contributed by atoms with Gasteiger partial charge in [-0.25, -0.2) is 9.78 Å². The molecular weight excluding hydrogens is 508 g/mol. The molecule has 1 aromatic heterocycles. The van der Waals surface area contributed by atoms with Gasteiger partial charge in [0.25, 0.3) is 0 Å². The molecule has 1 amide bonds. The predicted octanol–water partition coefficient (Wildman–Crippen LogP) is 6.17. The molecule has 5 rings (SSSR count). The maximum Gasteiger partial charge on any atom is 0.337 e. The van der Waals surface area contributed by atoms with Crippen LogP contribution in [0.3, 0.4) is 0 Å². The van der Waals surface area contributed by atoms with Gasteiger partial charge in [0.2, 0.25) is 11.8 Å². The molecule has 0 atom stereocenters. The van der Waals surface area contributed by atoms with Gasteiger partial charge in [-0.1, -0.05) is 60.7 Å². The molecule has 1 heterocycles. The summed E-state index contributed by atoms with van der Waals surface area (Å²) < 4.78 is 11.6. The number of amides is 1. The Morgan fingerprint density at radius 3 is 2.20 bits per heavy atom. The van der Waals surface area contributed by atoms with Gasteiger partial charge in [-0.2, -0.15) is 0 Å². The molecule has 8 heteroatoms. The molecule has 0 aliphatic rings. The van der Waals surface area contributed by atoms with Gasteiger partial charge in [0.05, 0.1) is 17.7 Å². The van der Waals surface area contributed by atoms with E-state index in [0.717, 1.165) is 10.8 Å². The topological polar surface area (TPSA) is 115 Å². The number of hydrogen-bond donors (Lipinski definition) is 2. The van der Waals surface area contributed by atoms with Gasteiger partial charge in [0.1, 0.15) is 11.5 Å². The molecule has 0 bridgehead atoms. The Morgan fingerprint density at radius 1 is 0.775 bits per heavy atom. The molecule has 0 fully saturated rings. The molecule has 0 radical (unpaired) electrons. The van der Waals surface area contributed by atoms with Gasteiger partial charge in [0.15, 0.2) is 12.4 Å². The van der Waals surface area contributed by atoms with Gasteiger partial charge in [-0.3, -0.25) is 9.59 Å². The number of para-hydroxylation sites is 1. The van der Waals surface area contributed by atoms with Crippen molar-refractivity contribution in [2.45, 2.75) is 6.42 Å². The summed E-state index contributed by atoms with van der Waals surface area (Å²) in [5.74, 6) is -0.0172. The summed E-state index contributed by atoms with van der Waals surface area (Å²) in [6.45, 7) is -0.0460. The number of aromatic carboxylic acids is 1. The number of carboxylic acid groups (broad SMARTS) is 1. The predicted molar refractivity (Wildman–Crippen MR) is 150 cm³/mol. The summed E-state index contributed by atoms with van der Waals surface area (Å²) in [6.07, 6.45) is 1.57. The molecule has 0 saturated carbocycles. The van der Waals surface area contributed by atoms with Crippen LogP contribution in [0, 0.1) is 0 Å². The van der Waals surface area contributed by atoms with Crippen LogP contribution in [-0.2, 0) is 11.2 Å². The Hall–Kier alpha value is -5.50. The summed E-state index contributed by atoms with van der Waals surface area (Å²) in [4.78, 5) is 40.4. The van der Waals surface area contributed by atoms with Crippen molar-refractivity contribution in [3.63, 3.8) is 0 Å². The van der Waals surface area contributed by atoms with Crippen LogP contribution in [0.2, 0.25) is 0 Å². The van der Waals surface area contributed by atoms with E-state index in [4.69, 9.17) is 9.47 Å². The maximum atomic E-state index is 12.4. The fraction of sp³-hybridized carbons (Fsp3) is 0.0625. The Kier molecular flexibility index (Phi) is 7.78. The normalized spacial score (nSPS) is 10.6. The zero-order chi connectivity index (χ0) is 27.9. The Bertz CT molecular complexity index is 1680. The van der Waals surface area contributed by atoms with Gasteiger partial charge in [0, 0.05) is 17.8 Å². The quantitative estimate of drug-likeness (QED) is 0.207. The number of Topliss-reactive ketones (excluding diaryl/α,β-unsaturated/α-hetero) is 1. The fourth-order valence-electron chi connectivity index (χ4n) is 4.07. The molecular formula is C32H24N2O6. The lowest BCUT2D eigenvalue weighted by Crippen LogP contribution is -2.16.